The van der Waals surface area contributed by atoms with Gasteiger partial charge in [-0.2, -0.15) is 0 Å². The first kappa shape index (κ1) is 11.6. The summed E-state index contributed by atoms with van der Waals surface area (Å²) in [7, 11) is 0. The first-order chi connectivity index (χ1) is 8.20. The van der Waals surface area contributed by atoms with Crippen LogP contribution in [0.3, 0.4) is 0 Å². The van der Waals surface area contributed by atoms with Gasteiger partial charge >= 0.3 is 0 Å². The molecular weight excluding hydrogens is 210 g/mol. The third-order valence-corrected chi connectivity index (χ3v) is 2.79. The summed E-state index contributed by atoms with van der Waals surface area (Å²) in [5, 5.41) is 0. The predicted octanol–water partition coefficient (Wildman–Crippen LogP) is 3.01. The molecule has 2 N–H and O–H groups in total. The van der Waals surface area contributed by atoms with Crippen LogP contribution in [0, 0.1) is 0 Å². The van der Waals surface area contributed by atoms with Crippen LogP contribution < -0.4 is 5.73 Å². The van der Waals surface area contributed by atoms with Crippen LogP contribution in [-0.4, -0.2) is 5.78 Å². The lowest BCUT2D eigenvalue weighted by atomic mass is 10.0. The number of hydrogen-bond donors (Lipinski definition) is 1. The maximum Gasteiger partial charge on any atom is 0.159 e. The number of Topliss-reactive ketones (excluding diaryl/α,β-unsaturated/α-hetero) is 1. The van der Waals surface area contributed by atoms with Crippen molar-refractivity contribution in [2.75, 3.05) is 0 Å². The Kier molecular flexibility index (Phi) is 3.35. The molecule has 2 rings (SSSR count). The van der Waals surface area contributed by atoms with Crippen molar-refractivity contribution < 1.29 is 4.79 Å². The molecule has 86 valence electrons. The van der Waals surface area contributed by atoms with Gasteiger partial charge in [-0.1, -0.05) is 42.5 Å². The summed E-state index contributed by atoms with van der Waals surface area (Å²) in [6.45, 7) is 2.11. The van der Waals surface area contributed by atoms with Crippen molar-refractivity contribution in [3.05, 3.63) is 59.7 Å². The Morgan fingerprint density at radius 3 is 2.35 bits per heavy atom. The second-order valence-corrected chi connectivity index (χ2v) is 4.04. The highest BCUT2D eigenvalue weighted by atomic mass is 16.1. The van der Waals surface area contributed by atoms with Crippen LogP contribution in [-0.2, 0) is 6.54 Å². The smallest absolute Gasteiger partial charge is 0.159 e. The zero-order valence-electron chi connectivity index (χ0n) is 9.81. The molecule has 0 unspecified atom stereocenters. The Hall–Kier alpha value is -1.93. The van der Waals surface area contributed by atoms with E-state index in [4.69, 9.17) is 5.73 Å². The third-order valence-electron chi connectivity index (χ3n) is 2.79. The lowest BCUT2D eigenvalue weighted by Gasteiger charge is -2.04. The van der Waals surface area contributed by atoms with Crippen molar-refractivity contribution >= 4 is 5.78 Å². The number of rotatable bonds is 3. The Balaban J connectivity index is 2.36. The van der Waals surface area contributed by atoms with Crippen molar-refractivity contribution in [1.29, 1.82) is 0 Å². The first-order valence-corrected chi connectivity index (χ1v) is 5.61. The van der Waals surface area contributed by atoms with Crippen molar-refractivity contribution in [3.8, 4) is 11.1 Å². The van der Waals surface area contributed by atoms with Gasteiger partial charge in [0.15, 0.2) is 5.78 Å². The molecular formula is C15H15NO. The molecule has 2 nitrogen and oxygen atoms in total. The molecule has 0 heterocycles. The fraction of sp³-hybridized carbons (Fsp3) is 0.133. The van der Waals surface area contributed by atoms with Gasteiger partial charge in [0.25, 0.3) is 0 Å². The van der Waals surface area contributed by atoms with E-state index < -0.39 is 0 Å². The van der Waals surface area contributed by atoms with Crippen LogP contribution in [0.4, 0.5) is 0 Å². The van der Waals surface area contributed by atoms with E-state index in [1.54, 1.807) is 6.92 Å². The summed E-state index contributed by atoms with van der Waals surface area (Å²) in [5.74, 6) is 0.0901. The minimum atomic E-state index is 0.0901. The minimum absolute atomic E-state index is 0.0901. The lowest BCUT2D eigenvalue weighted by molar-refractivity contribution is 0.101. The van der Waals surface area contributed by atoms with Crippen LogP contribution >= 0.6 is 0 Å². The first-order valence-electron chi connectivity index (χ1n) is 5.61. The van der Waals surface area contributed by atoms with Crippen molar-refractivity contribution in [2.45, 2.75) is 13.5 Å². The second kappa shape index (κ2) is 4.93. The van der Waals surface area contributed by atoms with Gasteiger partial charge in [-0.05, 0) is 29.7 Å². The molecule has 0 atom stereocenters. The van der Waals surface area contributed by atoms with Gasteiger partial charge in [-0.25, -0.2) is 0 Å². The van der Waals surface area contributed by atoms with Crippen molar-refractivity contribution in [3.63, 3.8) is 0 Å². The average molecular weight is 225 g/mol. The molecule has 0 radical (unpaired) electrons. The summed E-state index contributed by atoms with van der Waals surface area (Å²) >= 11 is 0. The molecule has 0 aliphatic rings. The van der Waals surface area contributed by atoms with E-state index in [2.05, 4.69) is 6.07 Å². The lowest BCUT2D eigenvalue weighted by Crippen LogP contribution is -1.96. The van der Waals surface area contributed by atoms with Gasteiger partial charge in [0.2, 0.25) is 0 Å². The maximum absolute atomic E-state index is 11.2. The monoisotopic (exact) mass is 225 g/mol. The number of nitrogens with two attached hydrogens (primary N) is 1. The standard InChI is InChI=1S/C15H15NO/c1-11(17)13-5-7-14(8-6-13)15-4-2-3-12(9-15)10-16/h2-9H,10,16H2,1H3. The normalized spacial score (nSPS) is 10.2. The number of carbonyl (C=O) groups excluding carboxylic acids is 1. The van der Waals surface area contributed by atoms with Gasteiger partial charge in [-0.15, -0.1) is 0 Å². The van der Waals surface area contributed by atoms with E-state index in [1.807, 2.05) is 42.5 Å². The summed E-state index contributed by atoms with van der Waals surface area (Å²) in [4.78, 5) is 11.2. The van der Waals surface area contributed by atoms with E-state index in [9.17, 15) is 4.79 Å². The summed E-state index contributed by atoms with van der Waals surface area (Å²) < 4.78 is 0. The summed E-state index contributed by atoms with van der Waals surface area (Å²) in [6, 6.07) is 15.8. The third kappa shape index (κ3) is 2.60. The molecule has 0 aromatic heterocycles. The number of hydrogen-bond acceptors (Lipinski definition) is 2. The predicted molar refractivity (Wildman–Crippen MR) is 69.8 cm³/mol. The van der Waals surface area contributed by atoms with Gasteiger partial charge in [-0.3, -0.25) is 4.79 Å². The Morgan fingerprint density at radius 2 is 1.76 bits per heavy atom. The van der Waals surface area contributed by atoms with Crippen LogP contribution in [0.2, 0.25) is 0 Å². The van der Waals surface area contributed by atoms with Crippen LogP contribution in [0.1, 0.15) is 22.8 Å². The largest absolute Gasteiger partial charge is 0.326 e. The number of carbonyl (C=O) groups is 1. The molecule has 0 amide bonds. The Morgan fingerprint density at radius 1 is 1.06 bits per heavy atom. The topological polar surface area (TPSA) is 43.1 Å². The molecule has 2 aromatic carbocycles. The highest BCUT2D eigenvalue weighted by Gasteiger charge is 2.01. The molecule has 0 aliphatic heterocycles. The molecule has 0 spiro atoms. The van der Waals surface area contributed by atoms with Crippen LogP contribution in [0.5, 0.6) is 0 Å². The minimum Gasteiger partial charge on any atom is -0.326 e. The molecule has 0 saturated heterocycles. The Labute approximate surface area is 101 Å². The zero-order chi connectivity index (χ0) is 12.3. The number of benzene rings is 2. The fourth-order valence-corrected chi connectivity index (χ4v) is 1.78. The van der Waals surface area contributed by atoms with Crippen LogP contribution in [0.15, 0.2) is 48.5 Å². The fourth-order valence-electron chi connectivity index (χ4n) is 1.78. The molecule has 17 heavy (non-hydrogen) atoms. The molecule has 2 heteroatoms. The maximum atomic E-state index is 11.2. The SMILES string of the molecule is CC(=O)c1ccc(-c2cccc(CN)c2)cc1. The highest BCUT2D eigenvalue weighted by molar-refractivity contribution is 5.94. The van der Waals surface area contributed by atoms with Crippen molar-refractivity contribution in [1.82, 2.24) is 0 Å². The number of ketones is 1. The second-order valence-electron chi connectivity index (χ2n) is 4.04. The molecule has 0 bridgehead atoms. The highest BCUT2D eigenvalue weighted by Crippen LogP contribution is 2.21. The summed E-state index contributed by atoms with van der Waals surface area (Å²) in [5.41, 5.74) is 9.69. The molecule has 0 fully saturated rings. The van der Waals surface area contributed by atoms with E-state index in [0.29, 0.717) is 6.54 Å². The quantitative estimate of drug-likeness (QED) is 0.816. The molecule has 0 aliphatic carbocycles. The average Bonchev–Trinajstić information content (AvgIpc) is 2.39. The van der Waals surface area contributed by atoms with Gasteiger partial charge in [0, 0.05) is 12.1 Å². The zero-order valence-corrected chi connectivity index (χ0v) is 9.81. The Bertz CT molecular complexity index is 529. The summed E-state index contributed by atoms with van der Waals surface area (Å²) in [6.07, 6.45) is 0. The van der Waals surface area contributed by atoms with E-state index in [0.717, 1.165) is 22.3 Å². The molecule has 2 aromatic rings. The van der Waals surface area contributed by atoms with Gasteiger partial charge < -0.3 is 5.73 Å². The molecule has 0 saturated carbocycles. The van der Waals surface area contributed by atoms with E-state index in [1.165, 1.54) is 0 Å². The van der Waals surface area contributed by atoms with Crippen LogP contribution in [0.25, 0.3) is 11.1 Å². The van der Waals surface area contributed by atoms with E-state index in [-0.39, 0.29) is 5.78 Å². The van der Waals surface area contributed by atoms with Gasteiger partial charge in [0.05, 0.1) is 0 Å². The van der Waals surface area contributed by atoms with Gasteiger partial charge in [0.1, 0.15) is 0 Å². The van der Waals surface area contributed by atoms with Crippen molar-refractivity contribution in [2.24, 2.45) is 5.73 Å². The van der Waals surface area contributed by atoms with E-state index >= 15 is 0 Å².